The van der Waals surface area contributed by atoms with Gasteiger partial charge in [-0.3, -0.25) is 4.79 Å². The number of carboxylic acids is 1. The summed E-state index contributed by atoms with van der Waals surface area (Å²) in [6.07, 6.45) is 0.982. The highest BCUT2D eigenvalue weighted by atomic mass is 16.5. The lowest BCUT2D eigenvalue weighted by Crippen LogP contribution is -2.00. The van der Waals surface area contributed by atoms with Gasteiger partial charge in [0, 0.05) is 5.56 Å². The molecular formula is C17H18O3. The van der Waals surface area contributed by atoms with Crippen LogP contribution in [0.25, 0.3) is 11.1 Å². The molecule has 104 valence electrons. The van der Waals surface area contributed by atoms with Crippen molar-refractivity contribution >= 4 is 5.97 Å². The molecule has 0 bridgehead atoms. The van der Waals surface area contributed by atoms with E-state index in [-0.39, 0.29) is 6.42 Å². The quantitative estimate of drug-likeness (QED) is 0.903. The molecule has 0 atom stereocenters. The fourth-order valence-electron chi connectivity index (χ4n) is 2.22. The van der Waals surface area contributed by atoms with E-state index in [4.69, 9.17) is 9.84 Å². The minimum Gasteiger partial charge on any atom is -0.496 e. The predicted molar refractivity (Wildman–Crippen MR) is 79.1 cm³/mol. The Hall–Kier alpha value is -2.29. The Balaban J connectivity index is 2.48. The van der Waals surface area contributed by atoms with Crippen LogP contribution in [0.15, 0.2) is 42.5 Å². The van der Waals surface area contributed by atoms with Crippen molar-refractivity contribution in [3.8, 4) is 16.9 Å². The van der Waals surface area contributed by atoms with E-state index in [0.717, 1.165) is 28.9 Å². The lowest BCUT2D eigenvalue weighted by Gasteiger charge is -2.11. The van der Waals surface area contributed by atoms with Crippen LogP contribution in [0.3, 0.4) is 0 Å². The Kier molecular flexibility index (Phi) is 4.41. The Morgan fingerprint density at radius 1 is 1.15 bits per heavy atom. The SMILES string of the molecule is CCc1cccc(-c2cc(CC(=O)O)ccc2OC)c1. The van der Waals surface area contributed by atoms with Crippen molar-refractivity contribution in [2.45, 2.75) is 19.8 Å². The molecule has 3 nitrogen and oxygen atoms in total. The topological polar surface area (TPSA) is 46.5 Å². The van der Waals surface area contributed by atoms with Crippen LogP contribution in [-0.4, -0.2) is 18.2 Å². The van der Waals surface area contributed by atoms with Crippen LogP contribution in [0.2, 0.25) is 0 Å². The van der Waals surface area contributed by atoms with Crippen LogP contribution in [-0.2, 0) is 17.6 Å². The summed E-state index contributed by atoms with van der Waals surface area (Å²) >= 11 is 0. The molecule has 0 spiro atoms. The first kappa shape index (κ1) is 14.1. The van der Waals surface area contributed by atoms with Crippen molar-refractivity contribution in [3.63, 3.8) is 0 Å². The molecule has 0 radical (unpaired) electrons. The van der Waals surface area contributed by atoms with Crippen molar-refractivity contribution < 1.29 is 14.6 Å². The zero-order chi connectivity index (χ0) is 14.5. The molecule has 0 heterocycles. The first-order chi connectivity index (χ1) is 9.63. The van der Waals surface area contributed by atoms with Gasteiger partial charge in [-0.05, 0) is 35.2 Å². The highest BCUT2D eigenvalue weighted by molar-refractivity contribution is 5.75. The summed E-state index contributed by atoms with van der Waals surface area (Å²) < 4.78 is 5.39. The molecule has 0 saturated heterocycles. The molecule has 0 aliphatic heterocycles. The number of hydrogen-bond donors (Lipinski definition) is 1. The largest absolute Gasteiger partial charge is 0.496 e. The first-order valence-electron chi connectivity index (χ1n) is 6.62. The number of hydrogen-bond acceptors (Lipinski definition) is 2. The van der Waals surface area contributed by atoms with Crippen LogP contribution in [0.5, 0.6) is 5.75 Å². The molecule has 0 aliphatic carbocycles. The van der Waals surface area contributed by atoms with Gasteiger partial charge in [-0.25, -0.2) is 0 Å². The van der Waals surface area contributed by atoms with Gasteiger partial charge in [0.1, 0.15) is 5.75 Å². The van der Waals surface area contributed by atoms with Crippen molar-refractivity contribution in [3.05, 3.63) is 53.6 Å². The number of carbonyl (C=O) groups is 1. The van der Waals surface area contributed by atoms with Gasteiger partial charge < -0.3 is 9.84 Å². The number of carboxylic acid groups (broad SMARTS) is 1. The molecule has 2 aromatic carbocycles. The number of aliphatic carboxylic acids is 1. The molecule has 0 unspecified atom stereocenters. The van der Waals surface area contributed by atoms with E-state index >= 15 is 0 Å². The van der Waals surface area contributed by atoms with E-state index in [2.05, 4.69) is 19.1 Å². The third-order valence-corrected chi connectivity index (χ3v) is 3.27. The van der Waals surface area contributed by atoms with Crippen molar-refractivity contribution in [2.24, 2.45) is 0 Å². The zero-order valence-electron chi connectivity index (χ0n) is 11.7. The predicted octanol–water partition coefficient (Wildman–Crippen LogP) is 3.55. The molecule has 1 N–H and O–H groups in total. The van der Waals surface area contributed by atoms with Gasteiger partial charge in [-0.1, -0.05) is 37.3 Å². The van der Waals surface area contributed by atoms with Crippen LogP contribution >= 0.6 is 0 Å². The van der Waals surface area contributed by atoms with Gasteiger partial charge in [0.25, 0.3) is 0 Å². The molecule has 3 heteroatoms. The lowest BCUT2D eigenvalue weighted by molar-refractivity contribution is -0.136. The van der Waals surface area contributed by atoms with Gasteiger partial charge in [0.2, 0.25) is 0 Å². The third kappa shape index (κ3) is 3.18. The molecule has 2 rings (SSSR count). The summed E-state index contributed by atoms with van der Waals surface area (Å²) in [6, 6.07) is 13.7. The number of aryl methyl sites for hydroxylation is 1. The molecule has 0 saturated carbocycles. The van der Waals surface area contributed by atoms with Crippen LogP contribution in [0.1, 0.15) is 18.1 Å². The fraction of sp³-hybridized carbons (Fsp3) is 0.235. The van der Waals surface area contributed by atoms with E-state index in [1.807, 2.05) is 24.3 Å². The monoisotopic (exact) mass is 270 g/mol. The number of rotatable bonds is 5. The molecule has 0 fully saturated rings. The van der Waals surface area contributed by atoms with Crippen molar-refractivity contribution in [1.29, 1.82) is 0 Å². The highest BCUT2D eigenvalue weighted by Crippen LogP contribution is 2.31. The van der Waals surface area contributed by atoms with E-state index in [1.54, 1.807) is 13.2 Å². The average molecular weight is 270 g/mol. The lowest BCUT2D eigenvalue weighted by atomic mass is 9.98. The average Bonchev–Trinajstić information content (AvgIpc) is 2.46. The van der Waals surface area contributed by atoms with E-state index in [9.17, 15) is 4.79 Å². The Labute approximate surface area is 118 Å². The van der Waals surface area contributed by atoms with Crippen molar-refractivity contribution in [1.82, 2.24) is 0 Å². The second kappa shape index (κ2) is 6.24. The molecule has 2 aromatic rings. The fourth-order valence-corrected chi connectivity index (χ4v) is 2.22. The van der Waals surface area contributed by atoms with Gasteiger partial charge in [-0.15, -0.1) is 0 Å². The molecule has 0 amide bonds. The summed E-state index contributed by atoms with van der Waals surface area (Å²) in [5, 5.41) is 8.91. The first-order valence-corrected chi connectivity index (χ1v) is 6.62. The molecule has 20 heavy (non-hydrogen) atoms. The normalized spacial score (nSPS) is 10.3. The highest BCUT2D eigenvalue weighted by Gasteiger charge is 2.09. The third-order valence-electron chi connectivity index (χ3n) is 3.27. The van der Waals surface area contributed by atoms with Crippen LogP contribution in [0.4, 0.5) is 0 Å². The van der Waals surface area contributed by atoms with Gasteiger partial charge in [-0.2, -0.15) is 0 Å². The van der Waals surface area contributed by atoms with Crippen LogP contribution in [0, 0.1) is 0 Å². The maximum atomic E-state index is 10.8. The minimum atomic E-state index is -0.830. The standard InChI is InChI=1S/C17H18O3/c1-3-12-5-4-6-14(9-12)15-10-13(11-17(18)19)7-8-16(15)20-2/h4-10H,3,11H2,1-2H3,(H,18,19). The smallest absolute Gasteiger partial charge is 0.307 e. The van der Waals surface area contributed by atoms with E-state index in [0.29, 0.717) is 0 Å². The maximum Gasteiger partial charge on any atom is 0.307 e. The summed E-state index contributed by atoms with van der Waals surface area (Å²) in [7, 11) is 1.62. The molecule has 0 aromatic heterocycles. The second-order valence-corrected chi connectivity index (χ2v) is 4.66. The summed E-state index contributed by atoms with van der Waals surface area (Å²) in [6.45, 7) is 2.11. The molecular weight excluding hydrogens is 252 g/mol. The Bertz CT molecular complexity index is 617. The Morgan fingerprint density at radius 2 is 1.95 bits per heavy atom. The summed E-state index contributed by atoms with van der Waals surface area (Å²) in [4.78, 5) is 10.8. The van der Waals surface area contributed by atoms with Gasteiger partial charge in [0.15, 0.2) is 0 Å². The zero-order valence-corrected chi connectivity index (χ0v) is 11.7. The number of benzene rings is 2. The van der Waals surface area contributed by atoms with Gasteiger partial charge in [0.05, 0.1) is 13.5 Å². The number of methoxy groups -OCH3 is 1. The number of ether oxygens (including phenoxy) is 1. The van der Waals surface area contributed by atoms with Crippen LogP contribution < -0.4 is 4.74 Å². The molecule has 0 aliphatic rings. The summed E-state index contributed by atoms with van der Waals surface area (Å²) in [5.41, 5.74) is 4.00. The summed E-state index contributed by atoms with van der Waals surface area (Å²) in [5.74, 6) is -0.0733. The van der Waals surface area contributed by atoms with Crippen molar-refractivity contribution in [2.75, 3.05) is 7.11 Å². The maximum absolute atomic E-state index is 10.8. The minimum absolute atomic E-state index is 0.0183. The van der Waals surface area contributed by atoms with E-state index in [1.165, 1.54) is 5.56 Å². The van der Waals surface area contributed by atoms with E-state index < -0.39 is 5.97 Å². The Morgan fingerprint density at radius 3 is 2.60 bits per heavy atom. The van der Waals surface area contributed by atoms with Gasteiger partial charge >= 0.3 is 5.97 Å². The second-order valence-electron chi connectivity index (χ2n) is 4.66.